The van der Waals surface area contributed by atoms with Crippen LogP contribution in [0.15, 0.2) is 23.6 Å². The van der Waals surface area contributed by atoms with Crippen molar-refractivity contribution in [3.8, 4) is 0 Å². The molecule has 1 heterocycles. The average Bonchev–Trinajstić information content (AvgIpc) is 2.77. The number of halogens is 2. The van der Waals surface area contributed by atoms with Gasteiger partial charge < -0.3 is 5.32 Å². The highest BCUT2D eigenvalue weighted by atomic mass is 32.1. The molecule has 0 aliphatic heterocycles. The molecular formula is C15H17F2NS. The van der Waals surface area contributed by atoms with E-state index in [2.05, 4.69) is 5.32 Å². The van der Waals surface area contributed by atoms with Crippen molar-refractivity contribution in [2.24, 2.45) is 0 Å². The first-order valence-corrected chi connectivity index (χ1v) is 7.15. The van der Waals surface area contributed by atoms with Crippen LogP contribution in [0.2, 0.25) is 0 Å². The zero-order chi connectivity index (χ0) is 14.0. The summed E-state index contributed by atoms with van der Waals surface area (Å²) in [6.45, 7) is 6.36. The highest BCUT2D eigenvalue weighted by Gasteiger charge is 2.20. The van der Waals surface area contributed by atoms with Gasteiger partial charge in [-0.3, -0.25) is 0 Å². The molecule has 0 fully saturated rings. The first-order valence-electron chi connectivity index (χ1n) is 6.27. The second kappa shape index (κ2) is 5.80. The van der Waals surface area contributed by atoms with E-state index in [1.165, 1.54) is 0 Å². The molecule has 1 N–H and O–H groups in total. The van der Waals surface area contributed by atoms with Crippen molar-refractivity contribution in [3.05, 3.63) is 56.8 Å². The van der Waals surface area contributed by atoms with Gasteiger partial charge in [-0.1, -0.05) is 6.92 Å². The van der Waals surface area contributed by atoms with Crippen LogP contribution in [0.25, 0.3) is 0 Å². The van der Waals surface area contributed by atoms with Crippen molar-refractivity contribution in [3.63, 3.8) is 0 Å². The summed E-state index contributed by atoms with van der Waals surface area (Å²) in [6.07, 6.45) is 0. The number of aryl methyl sites for hydroxylation is 2. The smallest absolute Gasteiger partial charge is 0.131 e. The fourth-order valence-corrected chi connectivity index (χ4v) is 2.93. The molecule has 2 rings (SSSR count). The minimum Gasteiger partial charge on any atom is -0.306 e. The number of hydrogen-bond acceptors (Lipinski definition) is 2. The van der Waals surface area contributed by atoms with Crippen LogP contribution in [0, 0.1) is 25.5 Å². The Hall–Kier alpha value is -1.26. The van der Waals surface area contributed by atoms with Crippen molar-refractivity contribution >= 4 is 11.3 Å². The summed E-state index contributed by atoms with van der Waals surface area (Å²) in [5.74, 6) is -1.00. The molecule has 0 saturated heterocycles. The predicted molar refractivity (Wildman–Crippen MR) is 75.7 cm³/mol. The number of hydrogen-bond donors (Lipinski definition) is 1. The summed E-state index contributed by atoms with van der Waals surface area (Å²) in [7, 11) is 0. The topological polar surface area (TPSA) is 12.0 Å². The third-order valence-electron chi connectivity index (χ3n) is 3.21. The van der Waals surface area contributed by atoms with E-state index in [1.54, 1.807) is 24.3 Å². The lowest BCUT2D eigenvalue weighted by Crippen LogP contribution is -2.23. The van der Waals surface area contributed by atoms with Crippen LogP contribution in [-0.2, 0) is 0 Å². The van der Waals surface area contributed by atoms with Crippen LogP contribution in [0.5, 0.6) is 0 Å². The average molecular weight is 281 g/mol. The number of rotatable bonds is 4. The molecule has 19 heavy (non-hydrogen) atoms. The van der Waals surface area contributed by atoms with Crippen LogP contribution < -0.4 is 5.32 Å². The van der Waals surface area contributed by atoms with E-state index in [4.69, 9.17) is 0 Å². The molecule has 1 aromatic heterocycles. The maximum absolute atomic E-state index is 14.1. The van der Waals surface area contributed by atoms with Gasteiger partial charge in [0.1, 0.15) is 11.6 Å². The van der Waals surface area contributed by atoms with Gasteiger partial charge in [0.15, 0.2) is 0 Å². The number of nitrogens with one attached hydrogen (secondary N) is 1. The molecule has 0 amide bonds. The monoisotopic (exact) mass is 281 g/mol. The Balaban J connectivity index is 2.51. The molecule has 0 radical (unpaired) electrons. The minimum atomic E-state index is -0.501. The molecule has 0 aliphatic carbocycles. The first kappa shape index (κ1) is 14.2. The Morgan fingerprint density at radius 2 is 1.89 bits per heavy atom. The maximum atomic E-state index is 14.1. The first-order chi connectivity index (χ1) is 9.04. The van der Waals surface area contributed by atoms with E-state index in [0.717, 1.165) is 23.1 Å². The lowest BCUT2D eigenvalue weighted by Gasteiger charge is -2.20. The fourth-order valence-electron chi connectivity index (χ4n) is 2.19. The molecule has 0 saturated carbocycles. The van der Waals surface area contributed by atoms with Gasteiger partial charge in [-0.05, 0) is 49.0 Å². The van der Waals surface area contributed by atoms with E-state index in [9.17, 15) is 8.78 Å². The largest absolute Gasteiger partial charge is 0.306 e. The van der Waals surface area contributed by atoms with E-state index in [1.807, 2.05) is 25.3 Å². The van der Waals surface area contributed by atoms with Gasteiger partial charge in [-0.25, -0.2) is 8.78 Å². The molecule has 4 heteroatoms. The van der Waals surface area contributed by atoms with E-state index in [-0.39, 0.29) is 6.04 Å². The van der Waals surface area contributed by atoms with Gasteiger partial charge in [0, 0.05) is 16.5 Å². The number of benzene rings is 1. The normalized spacial score (nSPS) is 12.7. The van der Waals surface area contributed by atoms with Gasteiger partial charge in [0.2, 0.25) is 0 Å². The zero-order valence-corrected chi connectivity index (χ0v) is 12.1. The van der Waals surface area contributed by atoms with Crippen molar-refractivity contribution in [1.82, 2.24) is 5.32 Å². The lowest BCUT2D eigenvalue weighted by atomic mass is 9.97. The Kier molecular flexibility index (Phi) is 4.32. The molecule has 2 aromatic rings. The molecule has 102 valence electrons. The van der Waals surface area contributed by atoms with E-state index < -0.39 is 11.6 Å². The summed E-state index contributed by atoms with van der Waals surface area (Å²) in [5.41, 5.74) is 2.02. The molecule has 0 aliphatic rings. The third kappa shape index (κ3) is 2.85. The molecule has 1 aromatic carbocycles. The van der Waals surface area contributed by atoms with Crippen LogP contribution in [0.4, 0.5) is 8.78 Å². The quantitative estimate of drug-likeness (QED) is 0.879. The summed E-state index contributed by atoms with van der Waals surface area (Å²) < 4.78 is 27.4. The predicted octanol–water partition coefficient (Wildman–Crippen LogP) is 4.34. The van der Waals surface area contributed by atoms with Gasteiger partial charge in [-0.15, -0.1) is 11.3 Å². The molecule has 1 atom stereocenters. The SMILES string of the molecule is CCNC(c1cc(C)c(F)cc1F)c1ccsc1C. The highest BCUT2D eigenvalue weighted by Crippen LogP contribution is 2.30. The van der Waals surface area contributed by atoms with Gasteiger partial charge in [0.05, 0.1) is 6.04 Å². The Morgan fingerprint density at radius 1 is 1.16 bits per heavy atom. The Bertz CT molecular complexity index is 578. The molecule has 0 spiro atoms. The standard InChI is InChI=1S/C15H17F2NS/c1-4-18-15(11-5-6-19-10(11)3)12-7-9(2)13(16)8-14(12)17/h5-8,15,18H,4H2,1-3H3. The van der Waals surface area contributed by atoms with Crippen LogP contribution in [0.1, 0.15) is 34.5 Å². The summed E-state index contributed by atoms with van der Waals surface area (Å²) in [4.78, 5) is 1.15. The summed E-state index contributed by atoms with van der Waals surface area (Å²) in [6, 6.07) is 4.33. The van der Waals surface area contributed by atoms with Gasteiger partial charge in [0.25, 0.3) is 0 Å². The zero-order valence-electron chi connectivity index (χ0n) is 11.3. The van der Waals surface area contributed by atoms with Gasteiger partial charge >= 0.3 is 0 Å². The molecule has 0 bridgehead atoms. The van der Waals surface area contributed by atoms with Crippen LogP contribution >= 0.6 is 11.3 Å². The maximum Gasteiger partial charge on any atom is 0.131 e. The Labute approximate surface area is 116 Å². The highest BCUT2D eigenvalue weighted by molar-refractivity contribution is 7.10. The summed E-state index contributed by atoms with van der Waals surface area (Å²) in [5, 5.41) is 5.26. The van der Waals surface area contributed by atoms with E-state index in [0.29, 0.717) is 11.1 Å². The summed E-state index contributed by atoms with van der Waals surface area (Å²) >= 11 is 1.63. The van der Waals surface area contributed by atoms with Gasteiger partial charge in [-0.2, -0.15) is 0 Å². The van der Waals surface area contributed by atoms with Crippen molar-refractivity contribution in [1.29, 1.82) is 0 Å². The van der Waals surface area contributed by atoms with Crippen LogP contribution in [0.3, 0.4) is 0 Å². The molecular weight excluding hydrogens is 264 g/mol. The fraction of sp³-hybridized carbons (Fsp3) is 0.333. The molecule has 1 nitrogen and oxygen atoms in total. The van der Waals surface area contributed by atoms with E-state index >= 15 is 0 Å². The van der Waals surface area contributed by atoms with Crippen molar-refractivity contribution < 1.29 is 8.78 Å². The van der Waals surface area contributed by atoms with Crippen molar-refractivity contribution in [2.45, 2.75) is 26.8 Å². The second-order valence-electron chi connectivity index (χ2n) is 4.55. The van der Waals surface area contributed by atoms with Crippen molar-refractivity contribution in [2.75, 3.05) is 6.54 Å². The van der Waals surface area contributed by atoms with Crippen LogP contribution in [-0.4, -0.2) is 6.54 Å². The Morgan fingerprint density at radius 3 is 2.47 bits per heavy atom. The third-order valence-corrected chi connectivity index (χ3v) is 4.07. The molecule has 1 unspecified atom stereocenters. The number of thiophene rings is 1. The minimum absolute atomic E-state index is 0.226. The lowest BCUT2D eigenvalue weighted by molar-refractivity contribution is 0.537. The second-order valence-corrected chi connectivity index (χ2v) is 5.67.